The van der Waals surface area contributed by atoms with E-state index >= 15 is 0 Å². The third-order valence-corrected chi connectivity index (χ3v) is 5.09. The monoisotopic (exact) mass is 378 g/mol. The highest BCUT2D eigenvalue weighted by Gasteiger charge is 2.23. The lowest BCUT2D eigenvalue weighted by Gasteiger charge is -2.34. The van der Waals surface area contributed by atoms with E-state index in [0.717, 1.165) is 45.4 Å². The van der Waals surface area contributed by atoms with Gasteiger partial charge in [0.2, 0.25) is 5.89 Å². The van der Waals surface area contributed by atoms with Crippen LogP contribution in [0.15, 0.2) is 27.0 Å². The fraction of sp³-hybridized carbons (Fsp3) is 0.588. The van der Waals surface area contributed by atoms with Gasteiger partial charge in [-0.15, -0.1) is 11.3 Å². The highest BCUT2D eigenvalue weighted by atomic mass is 32.1. The van der Waals surface area contributed by atoms with E-state index < -0.39 is 0 Å². The molecule has 1 atom stereocenters. The van der Waals surface area contributed by atoms with Crippen LogP contribution in [0.25, 0.3) is 0 Å². The molecule has 1 aliphatic heterocycles. The molecule has 0 radical (unpaired) electrons. The van der Waals surface area contributed by atoms with E-state index in [1.165, 1.54) is 4.88 Å². The predicted octanol–water partition coefficient (Wildman–Crippen LogP) is 1.57. The summed E-state index contributed by atoms with van der Waals surface area (Å²) < 4.78 is 10.5. The molecule has 2 aromatic heterocycles. The van der Waals surface area contributed by atoms with Crippen LogP contribution in [-0.2, 0) is 11.3 Å². The summed E-state index contributed by atoms with van der Waals surface area (Å²) in [5.41, 5.74) is 0. The first kappa shape index (κ1) is 18.8. The Morgan fingerprint density at radius 1 is 1.38 bits per heavy atom. The number of guanidine groups is 1. The number of aromatic nitrogens is 2. The highest BCUT2D eigenvalue weighted by molar-refractivity contribution is 7.10. The lowest BCUT2D eigenvalue weighted by atomic mass is 10.2. The fourth-order valence-corrected chi connectivity index (χ4v) is 3.73. The Morgan fingerprint density at radius 2 is 2.23 bits per heavy atom. The molecule has 142 valence electrons. The number of thiophene rings is 1. The van der Waals surface area contributed by atoms with Crippen molar-refractivity contribution in [2.75, 3.05) is 39.4 Å². The zero-order valence-electron chi connectivity index (χ0n) is 15.3. The van der Waals surface area contributed by atoms with Gasteiger partial charge < -0.3 is 19.9 Å². The minimum absolute atomic E-state index is 0.301. The Balaban J connectivity index is 1.64. The van der Waals surface area contributed by atoms with Crippen LogP contribution in [0.2, 0.25) is 0 Å². The van der Waals surface area contributed by atoms with Crippen molar-refractivity contribution < 1.29 is 9.26 Å². The van der Waals surface area contributed by atoms with Gasteiger partial charge >= 0.3 is 0 Å². The Bertz CT molecular complexity index is 681. The number of aliphatic imine (C=N–C) groups is 1. The quantitative estimate of drug-likeness (QED) is 0.558. The van der Waals surface area contributed by atoms with Gasteiger partial charge in [-0.25, -0.2) is 4.99 Å². The van der Waals surface area contributed by atoms with E-state index in [1.54, 1.807) is 18.3 Å². The maximum atomic E-state index is 5.50. The lowest BCUT2D eigenvalue weighted by molar-refractivity contribution is 0.0177. The van der Waals surface area contributed by atoms with Crippen LogP contribution in [0, 0.1) is 6.92 Å². The Kier molecular flexibility index (Phi) is 6.98. The molecular formula is C17H26N6O2S. The minimum atomic E-state index is 0.301. The van der Waals surface area contributed by atoms with Crippen LogP contribution >= 0.6 is 11.3 Å². The zero-order chi connectivity index (χ0) is 18.2. The number of aryl methyl sites for hydroxylation is 1. The summed E-state index contributed by atoms with van der Waals surface area (Å²) in [4.78, 5) is 12.6. The van der Waals surface area contributed by atoms with Gasteiger partial charge in [0.15, 0.2) is 11.8 Å². The van der Waals surface area contributed by atoms with Crippen molar-refractivity contribution in [2.24, 2.45) is 4.99 Å². The molecule has 0 bridgehead atoms. The van der Waals surface area contributed by atoms with E-state index in [-0.39, 0.29) is 0 Å². The predicted molar refractivity (Wildman–Crippen MR) is 101 cm³/mol. The molecular weight excluding hydrogens is 352 g/mol. The molecule has 3 heterocycles. The summed E-state index contributed by atoms with van der Waals surface area (Å²) in [6.45, 7) is 9.23. The molecule has 0 spiro atoms. The fourth-order valence-electron chi connectivity index (χ4n) is 2.87. The first-order valence-corrected chi connectivity index (χ1v) is 9.80. The van der Waals surface area contributed by atoms with Crippen molar-refractivity contribution in [3.05, 3.63) is 34.1 Å². The maximum absolute atomic E-state index is 5.50. The topological polar surface area (TPSA) is 87.8 Å². The molecule has 1 unspecified atom stereocenters. The van der Waals surface area contributed by atoms with Crippen molar-refractivity contribution in [1.29, 1.82) is 0 Å². The molecule has 3 rings (SSSR count). The molecule has 0 amide bonds. The van der Waals surface area contributed by atoms with Crippen molar-refractivity contribution >= 4 is 17.3 Å². The van der Waals surface area contributed by atoms with Crippen LogP contribution < -0.4 is 10.6 Å². The second-order valence-corrected chi connectivity index (χ2v) is 6.96. The summed E-state index contributed by atoms with van der Waals surface area (Å²) in [6.07, 6.45) is 0. The first-order valence-electron chi connectivity index (χ1n) is 8.93. The molecule has 1 saturated heterocycles. The summed E-state index contributed by atoms with van der Waals surface area (Å²) >= 11 is 1.79. The Morgan fingerprint density at radius 3 is 2.88 bits per heavy atom. The number of ether oxygens (including phenoxy) is 1. The Labute approximate surface area is 157 Å². The molecule has 2 aromatic rings. The van der Waals surface area contributed by atoms with E-state index in [0.29, 0.717) is 24.3 Å². The molecule has 8 nitrogen and oxygen atoms in total. The summed E-state index contributed by atoms with van der Waals surface area (Å²) in [7, 11) is 0. The van der Waals surface area contributed by atoms with Gasteiger partial charge in [0.25, 0.3) is 0 Å². The summed E-state index contributed by atoms with van der Waals surface area (Å²) in [6, 6.07) is 4.60. The number of nitrogens with one attached hydrogen (secondary N) is 2. The van der Waals surface area contributed by atoms with Crippen LogP contribution in [0.4, 0.5) is 0 Å². The third-order valence-electron chi connectivity index (χ3n) is 4.11. The summed E-state index contributed by atoms with van der Waals surface area (Å²) in [5.74, 6) is 1.89. The molecule has 26 heavy (non-hydrogen) atoms. The molecule has 0 saturated carbocycles. The van der Waals surface area contributed by atoms with Gasteiger partial charge in [-0.3, -0.25) is 4.90 Å². The molecule has 9 heteroatoms. The summed E-state index contributed by atoms with van der Waals surface area (Å²) in [5, 5.41) is 12.8. The zero-order valence-corrected chi connectivity index (χ0v) is 16.1. The average Bonchev–Trinajstić information content (AvgIpc) is 3.33. The number of hydrogen-bond donors (Lipinski definition) is 2. The van der Waals surface area contributed by atoms with Crippen molar-refractivity contribution in [3.8, 4) is 0 Å². The molecule has 1 fully saturated rings. The van der Waals surface area contributed by atoms with Crippen molar-refractivity contribution in [3.63, 3.8) is 0 Å². The van der Waals surface area contributed by atoms with Gasteiger partial charge in [-0.05, 0) is 18.4 Å². The van der Waals surface area contributed by atoms with E-state index in [1.807, 2.05) is 0 Å². The van der Waals surface area contributed by atoms with E-state index in [4.69, 9.17) is 9.26 Å². The van der Waals surface area contributed by atoms with Gasteiger partial charge in [0.05, 0.1) is 19.3 Å². The largest absolute Gasteiger partial charge is 0.379 e. The number of hydrogen-bond acceptors (Lipinski definition) is 7. The second kappa shape index (κ2) is 9.65. The van der Waals surface area contributed by atoms with Crippen LogP contribution in [-0.4, -0.2) is 60.4 Å². The molecule has 0 aromatic carbocycles. The van der Waals surface area contributed by atoms with Gasteiger partial charge in [-0.2, -0.15) is 4.98 Å². The first-order chi connectivity index (χ1) is 12.8. The molecule has 1 aliphatic rings. The third kappa shape index (κ3) is 5.26. The van der Waals surface area contributed by atoms with E-state index in [2.05, 4.69) is 55.1 Å². The van der Waals surface area contributed by atoms with Gasteiger partial charge in [-0.1, -0.05) is 11.2 Å². The van der Waals surface area contributed by atoms with Crippen LogP contribution in [0.1, 0.15) is 29.6 Å². The van der Waals surface area contributed by atoms with Crippen LogP contribution in [0.3, 0.4) is 0 Å². The highest BCUT2D eigenvalue weighted by Crippen LogP contribution is 2.25. The lowest BCUT2D eigenvalue weighted by Crippen LogP contribution is -2.46. The average molecular weight is 379 g/mol. The smallest absolute Gasteiger partial charge is 0.223 e. The van der Waals surface area contributed by atoms with Gasteiger partial charge in [0.1, 0.15) is 6.54 Å². The Hall–Kier alpha value is -1.97. The second-order valence-electron chi connectivity index (χ2n) is 5.99. The van der Waals surface area contributed by atoms with Gasteiger partial charge in [0, 0.05) is 38.0 Å². The SMILES string of the molecule is CCNC(=NCc1noc(C)n1)NCC(c1cccs1)N1CCOCC1. The standard InChI is InChI=1S/C17H26N6O2S/c1-3-18-17(20-12-16-21-13(2)25-22-16)19-11-14(15-5-4-10-26-15)23-6-8-24-9-7-23/h4-5,10,14H,3,6-9,11-12H2,1-2H3,(H2,18,19,20). The molecule has 2 N–H and O–H groups in total. The maximum Gasteiger partial charge on any atom is 0.223 e. The van der Waals surface area contributed by atoms with Crippen molar-refractivity contribution in [2.45, 2.75) is 26.4 Å². The minimum Gasteiger partial charge on any atom is -0.379 e. The number of morpholine rings is 1. The van der Waals surface area contributed by atoms with Crippen molar-refractivity contribution in [1.82, 2.24) is 25.7 Å². The number of rotatable bonds is 7. The molecule has 0 aliphatic carbocycles. The van der Waals surface area contributed by atoms with Crippen LogP contribution in [0.5, 0.6) is 0 Å². The number of nitrogens with zero attached hydrogens (tertiary/aromatic N) is 4. The normalized spacial score (nSPS) is 17.2. The van der Waals surface area contributed by atoms with E-state index in [9.17, 15) is 0 Å².